The first-order valence-electron chi connectivity index (χ1n) is 38.0. The lowest BCUT2D eigenvalue weighted by molar-refractivity contribution is -0.161. The summed E-state index contributed by atoms with van der Waals surface area (Å²) in [4.78, 5) is 72.6. The lowest BCUT2D eigenvalue weighted by atomic mass is 10.0. The number of carbonyl (C=O) groups excluding carboxylic acids is 4. The summed E-state index contributed by atoms with van der Waals surface area (Å²) in [6.45, 7) is 9.42. The van der Waals surface area contributed by atoms with Crippen LogP contribution in [0.2, 0.25) is 0 Å². The fraction of sp³-hybridized carbons (Fsp3) is 0.945. The van der Waals surface area contributed by atoms with Crippen LogP contribution in [0.4, 0.5) is 0 Å². The number of aliphatic hydroxyl groups is 1. The van der Waals surface area contributed by atoms with Gasteiger partial charge in [-0.1, -0.05) is 324 Å². The van der Waals surface area contributed by atoms with Crippen molar-refractivity contribution >= 4 is 39.5 Å². The highest BCUT2D eigenvalue weighted by atomic mass is 31.2. The van der Waals surface area contributed by atoms with Crippen LogP contribution in [0.3, 0.4) is 0 Å². The largest absolute Gasteiger partial charge is 0.472 e. The Kier molecular flexibility index (Phi) is 63.7. The minimum absolute atomic E-state index is 0.103. The highest BCUT2D eigenvalue weighted by molar-refractivity contribution is 7.47. The minimum Gasteiger partial charge on any atom is -0.462 e. The van der Waals surface area contributed by atoms with Crippen molar-refractivity contribution in [3.8, 4) is 0 Å². The summed E-state index contributed by atoms with van der Waals surface area (Å²) in [6, 6.07) is 0. The molecule has 0 fully saturated rings. The van der Waals surface area contributed by atoms with Crippen molar-refractivity contribution < 1.29 is 80.2 Å². The highest BCUT2D eigenvalue weighted by Crippen LogP contribution is 2.45. The summed E-state index contributed by atoms with van der Waals surface area (Å²) in [6.07, 6.45) is 51.7. The molecule has 0 aliphatic heterocycles. The highest BCUT2D eigenvalue weighted by Gasteiger charge is 2.30. The number of phosphoric acid groups is 2. The molecular weight excluding hydrogens is 1210 g/mol. The monoisotopic (exact) mass is 1350 g/mol. The second-order valence-electron chi connectivity index (χ2n) is 27.3. The molecule has 0 saturated heterocycles. The van der Waals surface area contributed by atoms with Crippen molar-refractivity contribution in [1.82, 2.24) is 0 Å². The number of rotatable bonds is 72. The Morgan fingerprint density at radius 2 is 0.500 bits per heavy atom. The van der Waals surface area contributed by atoms with Crippen molar-refractivity contribution in [3.05, 3.63) is 0 Å². The van der Waals surface area contributed by atoms with Crippen LogP contribution in [0.25, 0.3) is 0 Å². The van der Waals surface area contributed by atoms with E-state index in [1.807, 2.05) is 0 Å². The molecule has 0 rings (SSSR count). The predicted octanol–water partition coefficient (Wildman–Crippen LogP) is 21.2. The van der Waals surface area contributed by atoms with E-state index >= 15 is 0 Å². The number of esters is 4. The van der Waals surface area contributed by atoms with Crippen LogP contribution in [0, 0.1) is 11.8 Å². The summed E-state index contributed by atoms with van der Waals surface area (Å²) in [5, 5.41) is 10.6. The molecule has 0 aromatic rings. The average molecular weight is 1350 g/mol. The molecule has 546 valence electrons. The summed E-state index contributed by atoms with van der Waals surface area (Å²) in [5.41, 5.74) is 0. The van der Waals surface area contributed by atoms with Gasteiger partial charge in [0.25, 0.3) is 0 Å². The molecule has 0 aliphatic rings. The number of phosphoric ester groups is 2. The van der Waals surface area contributed by atoms with Crippen molar-refractivity contribution in [2.24, 2.45) is 11.8 Å². The molecule has 0 aromatic carbocycles. The molecule has 17 nitrogen and oxygen atoms in total. The van der Waals surface area contributed by atoms with E-state index in [1.165, 1.54) is 186 Å². The molecule has 0 aromatic heterocycles. The Morgan fingerprint density at radius 3 is 0.739 bits per heavy atom. The summed E-state index contributed by atoms with van der Waals surface area (Å²) >= 11 is 0. The van der Waals surface area contributed by atoms with E-state index in [-0.39, 0.29) is 25.7 Å². The predicted molar refractivity (Wildman–Crippen MR) is 372 cm³/mol. The number of ether oxygens (including phenoxy) is 4. The zero-order chi connectivity index (χ0) is 67.9. The van der Waals surface area contributed by atoms with Gasteiger partial charge in [-0.15, -0.1) is 0 Å². The van der Waals surface area contributed by atoms with Crippen LogP contribution in [0.15, 0.2) is 0 Å². The minimum atomic E-state index is -4.95. The first kappa shape index (κ1) is 90.1. The fourth-order valence-corrected chi connectivity index (χ4v) is 12.7. The molecule has 0 bridgehead atoms. The average Bonchev–Trinajstić information content (AvgIpc) is 2.88. The molecule has 2 unspecified atom stereocenters. The van der Waals surface area contributed by atoms with E-state index in [2.05, 4.69) is 41.5 Å². The zero-order valence-corrected chi connectivity index (χ0v) is 61.6. The Balaban J connectivity index is 5.20. The molecular formula is C73H142O17P2. The fourth-order valence-electron chi connectivity index (χ4n) is 11.1. The number of carbonyl (C=O) groups is 4. The molecule has 0 heterocycles. The molecule has 0 saturated carbocycles. The Morgan fingerprint density at radius 1 is 0.293 bits per heavy atom. The standard InChI is InChI=1S/C73H142O17P2/c1-7-9-11-13-15-17-19-21-23-24-25-26-27-29-31-33-37-45-51-57-72(77)89-68(61-83-70(75)55-49-43-36-32-30-28-22-20-18-16-14-12-10-8-2)63-87-91(79,80)85-59-67(74)60-86-92(81,82)88-64-69(62-84-71(76)56-50-44-40-39-42-48-54-66(5)6)90-73(78)58-52-46-38-34-35-41-47-53-65(3)4/h65-69,74H,7-64H2,1-6H3,(H,79,80)(H,81,82)/t67-,68-,69-/m1/s1. The first-order valence-corrected chi connectivity index (χ1v) is 41.0. The Labute approximate surface area is 562 Å². The van der Waals surface area contributed by atoms with Crippen LogP contribution in [0.1, 0.15) is 375 Å². The number of hydrogen-bond donors (Lipinski definition) is 3. The molecule has 0 spiro atoms. The van der Waals surface area contributed by atoms with Gasteiger partial charge in [-0.3, -0.25) is 37.3 Å². The second kappa shape index (κ2) is 65.0. The molecule has 0 radical (unpaired) electrons. The van der Waals surface area contributed by atoms with Gasteiger partial charge in [0.05, 0.1) is 26.4 Å². The van der Waals surface area contributed by atoms with E-state index in [9.17, 15) is 43.2 Å². The Hall–Kier alpha value is -1.94. The van der Waals surface area contributed by atoms with Crippen molar-refractivity contribution in [3.63, 3.8) is 0 Å². The maximum atomic E-state index is 13.1. The van der Waals surface area contributed by atoms with E-state index in [4.69, 9.17) is 37.0 Å². The summed E-state index contributed by atoms with van der Waals surface area (Å²) in [7, 11) is -9.90. The second-order valence-corrected chi connectivity index (χ2v) is 30.2. The quantitative estimate of drug-likeness (QED) is 0.0222. The van der Waals surface area contributed by atoms with Crippen molar-refractivity contribution in [2.45, 2.75) is 394 Å². The molecule has 0 aliphatic carbocycles. The molecule has 19 heteroatoms. The van der Waals surface area contributed by atoms with Crippen molar-refractivity contribution in [1.29, 1.82) is 0 Å². The van der Waals surface area contributed by atoms with E-state index in [0.717, 1.165) is 96.3 Å². The van der Waals surface area contributed by atoms with Gasteiger partial charge in [0.2, 0.25) is 0 Å². The van der Waals surface area contributed by atoms with Crippen molar-refractivity contribution in [2.75, 3.05) is 39.6 Å². The van der Waals surface area contributed by atoms with Crippen LogP contribution in [-0.4, -0.2) is 96.7 Å². The third kappa shape index (κ3) is 66.7. The lowest BCUT2D eigenvalue weighted by Gasteiger charge is -2.21. The smallest absolute Gasteiger partial charge is 0.462 e. The SMILES string of the molecule is CCCCCCCCCCCCCCCCCCCCCC(=O)O[C@H](COC(=O)CCCCCCCCCCCCCCCC)COP(=O)(O)OC[C@@H](O)COP(=O)(O)OC[C@@H](COC(=O)CCCCCCCCC(C)C)OC(=O)CCCCCCCCCC(C)C. The summed E-state index contributed by atoms with van der Waals surface area (Å²) < 4.78 is 68.3. The van der Waals surface area contributed by atoms with Gasteiger partial charge in [-0.25, -0.2) is 9.13 Å². The number of unbranched alkanes of at least 4 members (excludes halogenated alkanes) is 42. The lowest BCUT2D eigenvalue weighted by Crippen LogP contribution is -2.30. The molecule has 3 N–H and O–H groups in total. The molecule has 5 atom stereocenters. The Bertz CT molecular complexity index is 1790. The van der Waals surface area contributed by atoms with Crippen LogP contribution in [0.5, 0.6) is 0 Å². The maximum absolute atomic E-state index is 13.1. The third-order valence-corrected chi connectivity index (χ3v) is 18.9. The maximum Gasteiger partial charge on any atom is 0.472 e. The van der Waals surface area contributed by atoms with Gasteiger partial charge in [-0.2, -0.15) is 0 Å². The van der Waals surface area contributed by atoms with Gasteiger partial charge in [0, 0.05) is 25.7 Å². The van der Waals surface area contributed by atoms with Gasteiger partial charge in [-0.05, 0) is 37.5 Å². The van der Waals surface area contributed by atoms with Crippen LogP contribution in [-0.2, 0) is 65.4 Å². The van der Waals surface area contributed by atoms with Gasteiger partial charge >= 0.3 is 39.5 Å². The van der Waals surface area contributed by atoms with Gasteiger partial charge in [0.15, 0.2) is 12.2 Å². The van der Waals surface area contributed by atoms with Crippen LogP contribution < -0.4 is 0 Å². The number of hydrogen-bond acceptors (Lipinski definition) is 15. The van der Waals surface area contributed by atoms with Gasteiger partial charge < -0.3 is 33.8 Å². The summed E-state index contributed by atoms with van der Waals surface area (Å²) in [5.74, 6) is -0.749. The first-order chi connectivity index (χ1) is 44.4. The molecule has 0 amide bonds. The third-order valence-electron chi connectivity index (χ3n) is 17.0. The topological polar surface area (TPSA) is 237 Å². The van der Waals surface area contributed by atoms with E-state index in [1.54, 1.807) is 0 Å². The number of aliphatic hydroxyl groups excluding tert-OH is 1. The zero-order valence-electron chi connectivity index (χ0n) is 59.9. The molecule has 92 heavy (non-hydrogen) atoms. The van der Waals surface area contributed by atoms with Crippen LogP contribution >= 0.6 is 15.6 Å². The normalized spacial score (nSPS) is 14.1. The van der Waals surface area contributed by atoms with Gasteiger partial charge in [0.1, 0.15) is 19.3 Å². The van der Waals surface area contributed by atoms with E-state index < -0.39 is 97.5 Å². The van der Waals surface area contributed by atoms with E-state index in [0.29, 0.717) is 37.5 Å².